The van der Waals surface area contributed by atoms with Crippen molar-refractivity contribution in [2.75, 3.05) is 7.11 Å². The number of fused-ring (bicyclic) bond motifs is 1. The van der Waals surface area contributed by atoms with Crippen LogP contribution < -0.4 is 9.47 Å². The quantitative estimate of drug-likeness (QED) is 0.347. The minimum atomic E-state index is 0.139. The van der Waals surface area contributed by atoms with Crippen molar-refractivity contribution in [2.45, 2.75) is 26.9 Å². The highest BCUT2D eigenvalue weighted by Gasteiger charge is 2.13. The Balaban J connectivity index is 1.32. The molecule has 1 N–H and O–H groups in total. The molecule has 3 aromatic carbocycles. The van der Waals surface area contributed by atoms with Gasteiger partial charge in [-0.1, -0.05) is 25.1 Å². The first kappa shape index (κ1) is 20.8. The van der Waals surface area contributed by atoms with E-state index in [1.807, 2.05) is 42.5 Å². The van der Waals surface area contributed by atoms with Gasteiger partial charge in [0.05, 0.1) is 18.1 Å². The van der Waals surface area contributed by atoms with Gasteiger partial charge in [-0.15, -0.1) is 10.2 Å². The molecule has 0 aliphatic carbocycles. The van der Waals surface area contributed by atoms with E-state index in [2.05, 4.69) is 52.2 Å². The highest BCUT2D eigenvalue weighted by molar-refractivity contribution is 5.80. The summed E-state index contributed by atoms with van der Waals surface area (Å²) < 4.78 is 17.2. The number of aryl methyl sites for hydroxylation is 2. The summed E-state index contributed by atoms with van der Waals surface area (Å²) in [5, 5.41) is 8.24. The van der Waals surface area contributed by atoms with Crippen molar-refractivity contribution in [1.82, 2.24) is 20.2 Å². The molecular formula is C26H24N4O3. The Hall–Kier alpha value is -4.13. The summed E-state index contributed by atoms with van der Waals surface area (Å²) in [6.07, 6.45) is 0.986. The number of H-pyrrole nitrogens is 1. The standard InChI is InChI=1S/C26H24N4O3/c1-4-17-6-8-18(9-7-17)26-30-29-24(33-26)15-32-22-12-10-19(14-23(22)31-3)25-27-20-11-5-16(2)13-21(20)28-25/h5-14H,4,15H2,1-3H3,(H,27,28). The second kappa shape index (κ2) is 8.78. The maximum Gasteiger partial charge on any atom is 0.254 e. The molecule has 5 aromatic rings. The first-order valence-electron chi connectivity index (χ1n) is 10.8. The van der Waals surface area contributed by atoms with E-state index in [4.69, 9.17) is 13.9 Å². The van der Waals surface area contributed by atoms with Gasteiger partial charge in [0.15, 0.2) is 18.1 Å². The fourth-order valence-corrected chi connectivity index (χ4v) is 3.65. The van der Waals surface area contributed by atoms with Gasteiger partial charge in [-0.3, -0.25) is 0 Å². The Morgan fingerprint density at radius 2 is 1.73 bits per heavy atom. The lowest BCUT2D eigenvalue weighted by molar-refractivity contribution is 0.251. The van der Waals surface area contributed by atoms with Crippen molar-refractivity contribution in [3.8, 4) is 34.3 Å². The summed E-state index contributed by atoms with van der Waals surface area (Å²) in [7, 11) is 1.61. The Morgan fingerprint density at radius 1 is 0.909 bits per heavy atom. The van der Waals surface area contributed by atoms with Gasteiger partial charge in [-0.2, -0.15) is 0 Å². The van der Waals surface area contributed by atoms with Crippen LogP contribution in [0.3, 0.4) is 0 Å². The van der Waals surface area contributed by atoms with E-state index in [1.54, 1.807) is 7.11 Å². The third-order valence-corrected chi connectivity index (χ3v) is 5.50. The second-order valence-electron chi connectivity index (χ2n) is 7.81. The van der Waals surface area contributed by atoms with E-state index < -0.39 is 0 Å². The van der Waals surface area contributed by atoms with Crippen LogP contribution in [-0.4, -0.2) is 27.3 Å². The Bertz CT molecular complexity index is 1400. The molecular weight excluding hydrogens is 416 g/mol. The predicted octanol–water partition coefficient (Wildman–Crippen LogP) is 5.74. The molecule has 0 radical (unpaired) electrons. The van der Waals surface area contributed by atoms with Gasteiger partial charge in [0.1, 0.15) is 5.82 Å². The van der Waals surface area contributed by atoms with Gasteiger partial charge in [0.2, 0.25) is 5.89 Å². The van der Waals surface area contributed by atoms with Crippen LogP contribution in [-0.2, 0) is 13.0 Å². The molecule has 2 heterocycles. The molecule has 0 bridgehead atoms. The van der Waals surface area contributed by atoms with Crippen molar-refractivity contribution in [3.05, 3.63) is 77.7 Å². The Morgan fingerprint density at radius 3 is 2.52 bits per heavy atom. The van der Waals surface area contributed by atoms with E-state index in [0.29, 0.717) is 23.3 Å². The molecule has 2 aromatic heterocycles. The third kappa shape index (κ3) is 4.30. The number of ether oxygens (including phenoxy) is 2. The van der Waals surface area contributed by atoms with E-state index >= 15 is 0 Å². The third-order valence-electron chi connectivity index (χ3n) is 5.50. The number of aromatic amines is 1. The normalized spacial score (nSPS) is 11.1. The number of methoxy groups -OCH3 is 1. The van der Waals surface area contributed by atoms with Crippen LogP contribution in [0.2, 0.25) is 0 Å². The van der Waals surface area contributed by atoms with Gasteiger partial charge in [0.25, 0.3) is 5.89 Å². The number of hydrogen-bond donors (Lipinski definition) is 1. The summed E-state index contributed by atoms with van der Waals surface area (Å²) in [5.74, 6) is 2.82. The van der Waals surface area contributed by atoms with Gasteiger partial charge in [-0.25, -0.2) is 4.98 Å². The molecule has 0 atom stereocenters. The zero-order chi connectivity index (χ0) is 22.8. The predicted molar refractivity (Wildman–Crippen MR) is 126 cm³/mol. The molecule has 7 nitrogen and oxygen atoms in total. The smallest absolute Gasteiger partial charge is 0.254 e. The molecule has 0 saturated carbocycles. The zero-order valence-electron chi connectivity index (χ0n) is 18.8. The van der Waals surface area contributed by atoms with Crippen LogP contribution in [0.5, 0.6) is 11.5 Å². The van der Waals surface area contributed by atoms with E-state index in [-0.39, 0.29) is 6.61 Å². The maximum absolute atomic E-state index is 5.91. The Kier molecular flexibility index (Phi) is 5.52. The summed E-state index contributed by atoms with van der Waals surface area (Å²) in [6, 6.07) is 19.9. The lowest BCUT2D eigenvalue weighted by atomic mass is 10.1. The van der Waals surface area contributed by atoms with Gasteiger partial charge < -0.3 is 18.9 Å². The molecule has 0 saturated heterocycles. The van der Waals surface area contributed by atoms with Crippen molar-refractivity contribution in [3.63, 3.8) is 0 Å². The maximum atomic E-state index is 5.91. The average Bonchev–Trinajstić information content (AvgIpc) is 3.49. The van der Waals surface area contributed by atoms with Crippen molar-refractivity contribution in [1.29, 1.82) is 0 Å². The molecule has 7 heteroatoms. The highest BCUT2D eigenvalue weighted by atomic mass is 16.5. The van der Waals surface area contributed by atoms with E-state index in [9.17, 15) is 0 Å². The summed E-state index contributed by atoms with van der Waals surface area (Å²) in [6.45, 7) is 4.32. The summed E-state index contributed by atoms with van der Waals surface area (Å²) in [4.78, 5) is 8.05. The molecule has 0 spiro atoms. The van der Waals surface area contributed by atoms with Gasteiger partial charge >= 0.3 is 0 Å². The average molecular weight is 441 g/mol. The zero-order valence-corrected chi connectivity index (χ0v) is 18.8. The first-order valence-corrected chi connectivity index (χ1v) is 10.8. The molecule has 166 valence electrons. The van der Waals surface area contributed by atoms with Crippen LogP contribution in [0.1, 0.15) is 23.9 Å². The van der Waals surface area contributed by atoms with Crippen LogP contribution in [0, 0.1) is 6.92 Å². The van der Waals surface area contributed by atoms with Crippen molar-refractivity contribution < 1.29 is 13.9 Å². The summed E-state index contributed by atoms with van der Waals surface area (Å²) in [5.41, 5.74) is 6.15. The monoisotopic (exact) mass is 440 g/mol. The van der Waals surface area contributed by atoms with E-state index in [0.717, 1.165) is 34.4 Å². The number of nitrogens with zero attached hydrogens (tertiary/aromatic N) is 3. The number of aromatic nitrogens is 4. The van der Waals surface area contributed by atoms with Crippen LogP contribution in [0.4, 0.5) is 0 Å². The number of rotatable bonds is 7. The lowest BCUT2D eigenvalue weighted by Gasteiger charge is -2.10. The molecule has 0 unspecified atom stereocenters. The SMILES string of the molecule is CCc1ccc(-c2nnc(COc3ccc(-c4nc5ccc(C)cc5[nH]4)cc3OC)o2)cc1. The minimum absolute atomic E-state index is 0.139. The first-order chi connectivity index (χ1) is 16.1. The van der Waals surface area contributed by atoms with Gasteiger partial charge in [0, 0.05) is 11.1 Å². The number of imidazole rings is 1. The Labute approximate surface area is 191 Å². The second-order valence-corrected chi connectivity index (χ2v) is 7.81. The number of nitrogens with one attached hydrogen (secondary N) is 1. The topological polar surface area (TPSA) is 86.1 Å². The molecule has 5 rings (SSSR count). The molecule has 33 heavy (non-hydrogen) atoms. The molecule has 0 aliphatic rings. The molecule has 0 aliphatic heterocycles. The fraction of sp³-hybridized carbons (Fsp3) is 0.192. The van der Waals surface area contributed by atoms with Gasteiger partial charge in [-0.05, 0) is 66.9 Å². The van der Waals surface area contributed by atoms with Crippen molar-refractivity contribution >= 4 is 11.0 Å². The molecule has 0 amide bonds. The summed E-state index contributed by atoms with van der Waals surface area (Å²) >= 11 is 0. The highest BCUT2D eigenvalue weighted by Crippen LogP contribution is 2.33. The van der Waals surface area contributed by atoms with Crippen LogP contribution >= 0.6 is 0 Å². The van der Waals surface area contributed by atoms with Crippen LogP contribution in [0.15, 0.2) is 65.1 Å². The van der Waals surface area contributed by atoms with Crippen molar-refractivity contribution in [2.24, 2.45) is 0 Å². The van der Waals surface area contributed by atoms with E-state index in [1.165, 1.54) is 11.1 Å². The minimum Gasteiger partial charge on any atom is -0.493 e. The lowest BCUT2D eigenvalue weighted by Crippen LogP contribution is -1.98. The molecule has 0 fully saturated rings. The van der Waals surface area contributed by atoms with Crippen LogP contribution in [0.25, 0.3) is 33.9 Å². The number of hydrogen-bond acceptors (Lipinski definition) is 6. The largest absolute Gasteiger partial charge is 0.493 e. The fourth-order valence-electron chi connectivity index (χ4n) is 3.65. The number of benzene rings is 3.